The van der Waals surface area contributed by atoms with Crippen LogP contribution in [0.4, 0.5) is 0 Å². The third-order valence-corrected chi connectivity index (χ3v) is 4.72. The summed E-state index contributed by atoms with van der Waals surface area (Å²) in [5, 5.41) is 0. The van der Waals surface area contributed by atoms with Crippen molar-refractivity contribution >= 4 is 11.8 Å². The zero-order chi connectivity index (χ0) is 16.9. The van der Waals surface area contributed by atoms with E-state index in [2.05, 4.69) is 22.1 Å². The molecule has 1 aliphatic carbocycles. The van der Waals surface area contributed by atoms with Gasteiger partial charge in [-0.15, -0.1) is 0 Å². The molecule has 0 N–H and O–H groups in total. The number of rotatable bonds is 3. The van der Waals surface area contributed by atoms with Gasteiger partial charge < -0.3 is 9.80 Å². The molecular weight excluding hydrogens is 304 g/mol. The van der Waals surface area contributed by atoms with Gasteiger partial charge >= 0.3 is 0 Å². The second kappa shape index (κ2) is 7.55. The molecule has 1 aromatic heterocycles. The molecule has 0 spiro atoms. The van der Waals surface area contributed by atoms with Gasteiger partial charge in [0.2, 0.25) is 5.91 Å². The highest BCUT2D eigenvalue weighted by Gasteiger charge is 2.28. The van der Waals surface area contributed by atoms with Gasteiger partial charge in [-0.3, -0.25) is 9.59 Å². The van der Waals surface area contributed by atoms with Crippen molar-refractivity contribution in [1.29, 1.82) is 0 Å². The quantitative estimate of drug-likeness (QED) is 0.792. The van der Waals surface area contributed by atoms with Gasteiger partial charge in [0.15, 0.2) is 0 Å². The van der Waals surface area contributed by atoms with Crippen LogP contribution in [-0.2, 0) is 11.2 Å². The number of allylic oxidation sites excluding steroid dienone is 2. The molecule has 1 aliphatic heterocycles. The van der Waals surface area contributed by atoms with Gasteiger partial charge in [-0.05, 0) is 19.3 Å². The minimum absolute atomic E-state index is 0.0468. The molecule has 6 heteroatoms. The molecule has 2 aliphatic rings. The van der Waals surface area contributed by atoms with Crippen LogP contribution in [0.25, 0.3) is 0 Å². The first-order valence-electron chi connectivity index (χ1n) is 8.73. The summed E-state index contributed by atoms with van der Waals surface area (Å²) in [7, 11) is 0. The normalized spacial score (nSPS) is 18.7. The summed E-state index contributed by atoms with van der Waals surface area (Å²) in [4.78, 5) is 37.3. The second-order valence-corrected chi connectivity index (χ2v) is 6.35. The molecule has 3 rings (SSSR count). The number of hydrogen-bond donors (Lipinski definition) is 0. The molecule has 0 aromatic carbocycles. The average Bonchev–Trinajstić information content (AvgIpc) is 3.05. The van der Waals surface area contributed by atoms with Crippen LogP contribution in [0.2, 0.25) is 0 Å². The molecule has 0 bridgehead atoms. The van der Waals surface area contributed by atoms with E-state index in [9.17, 15) is 9.59 Å². The van der Waals surface area contributed by atoms with Crippen molar-refractivity contribution in [2.24, 2.45) is 5.92 Å². The number of carbonyl (C=O) groups excluding carboxylic acids is 2. The van der Waals surface area contributed by atoms with Crippen LogP contribution in [0.1, 0.15) is 42.4 Å². The van der Waals surface area contributed by atoms with E-state index in [1.807, 2.05) is 16.7 Å². The van der Waals surface area contributed by atoms with Gasteiger partial charge in [-0.1, -0.05) is 19.1 Å². The predicted octanol–water partition coefficient (Wildman–Crippen LogP) is 1.68. The molecule has 2 amide bonds. The summed E-state index contributed by atoms with van der Waals surface area (Å²) in [5.74, 6) is 1.02. The monoisotopic (exact) mass is 328 g/mol. The molecule has 128 valence electrons. The number of amides is 2. The SMILES string of the molecule is CCc1ncc(C(=O)N2CCCN(C(=O)C3CC=CC3)CC2)cn1. The fourth-order valence-corrected chi connectivity index (χ4v) is 3.25. The Morgan fingerprint density at radius 2 is 1.67 bits per heavy atom. The van der Waals surface area contributed by atoms with E-state index in [1.165, 1.54) is 0 Å². The number of aromatic nitrogens is 2. The Balaban J connectivity index is 1.59. The highest BCUT2D eigenvalue weighted by Crippen LogP contribution is 2.21. The zero-order valence-corrected chi connectivity index (χ0v) is 14.1. The van der Waals surface area contributed by atoms with Crippen LogP contribution < -0.4 is 0 Å². The molecule has 0 atom stereocenters. The highest BCUT2D eigenvalue weighted by atomic mass is 16.2. The van der Waals surface area contributed by atoms with Crippen molar-refractivity contribution < 1.29 is 9.59 Å². The molecule has 0 saturated carbocycles. The maximum Gasteiger partial charge on any atom is 0.257 e. The minimum atomic E-state index is -0.0468. The molecule has 24 heavy (non-hydrogen) atoms. The molecule has 1 fully saturated rings. The van der Waals surface area contributed by atoms with Gasteiger partial charge in [-0.25, -0.2) is 9.97 Å². The Morgan fingerprint density at radius 1 is 1.04 bits per heavy atom. The van der Waals surface area contributed by atoms with Crippen molar-refractivity contribution in [2.45, 2.75) is 32.6 Å². The first-order valence-corrected chi connectivity index (χ1v) is 8.73. The maximum absolute atomic E-state index is 12.6. The Labute approximate surface area is 142 Å². The lowest BCUT2D eigenvalue weighted by Crippen LogP contribution is -2.39. The van der Waals surface area contributed by atoms with Gasteiger partial charge in [0.05, 0.1) is 5.56 Å². The lowest BCUT2D eigenvalue weighted by Gasteiger charge is -2.24. The Kier molecular flexibility index (Phi) is 5.23. The van der Waals surface area contributed by atoms with Crippen molar-refractivity contribution in [3.05, 3.63) is 35.9 Å². The number of aryl methyl sites for hydroxylation is 1. The van der Waals surface area contributed by atoms with Crippen LogP contribution >= 0.6 is 0 Å². The molecule has 2 heterocycles. The summed E-state index contributed by atoms with van der Waals surface area (Å²) in [6, 6.07) is 0. The van der Waals surface area contributed by atoms with E-state index in [1.54, 1.807) is 12.4 Å². The first-order chi connectivity index (χ1) is 11.7. The van der Waals surface area contributed by atoms with Crippen LogP contribution in [-0.4, -0.2) is 57.8 Å². The molecule has 0 unspecified atom stereocenters. The number of nitrogens with zero attached hydrogens (tertiary/aromatic N) is 4. The fourth-order valence-electron chi connectivity index (χ4n) is 3.25. The third-order valence-electron chi connectivity index (χ3n) is 4.72. The summed E-state index contributed by atoms with van der Waals surface area (Å²) in [6.07, 6.45) is 10.6. The topological polar surface area (TPSA) is 66.4 Å². The molecule has 6 nitrogen and oxygen atoms in total. The number of carbonyl (C=O) groups is 2. The molecule has 1 saturated heterocycles. The van der Waals surface area contributed by atoms with Gasteiger partial charge in [-0.2, -0.15) is 0 Å². The van der Waals surface area contributed by atoms with Crippen molar-refractivity contribution in [2.75, 3.05) is 26.2 Å². The lowest BCUT2D eigenvalue weighted by atomic mass is 10.1. The van der Waals surface area contributed by atoms with E-state index in [0.29, 0.717) is 25.2 Å². The summed E-state index contributed by atoms with van der Waals surface area (Å²) in [6.45, 7) is 4.55. The summed E-state index contributed by atoms with van der Waals surface area (Å²) in [5.41, 5.74) is 0.520. The Morgan fingerprint density at radius 3 is 2.33 bits per heavy atom. The lowest BCUT2D eigenvalue weighted by molar-refractivity contribution is -0.135. The first kappa shape index (κ1) is 16.6. The largest absolute Gasteiger partial charge is 0.341 e. The van der Waals surface area contributed by atoms with Crippen LogP contribution in [0.15, 0.2) is 24.5 Å². The number of hydrogen-bond acceptors (Lipinski definition) is 4. The fraction of sp³-hybridized carbons (Fsp3) is 0.556. The zero-order valence-electron chi connectivity index (χ0n) is 14.1. The van der Waals surface area contributed by atoms with E-state index in [0.717, 1.165) is 38.1 Å². The summed E-state index contributed by atoms with van der Waals surface area (Å²) >= 11 is 0. The minimum Gasteiger partial charge on any atom is -0.341 e. The Hall–Kier alpha value is -2.24. The van der Waals surface area contributed by atoms with Crippen molar-refractivity contribution in [3.63, 3.8) is 0 Å². The van der Waals surface area contributed by atoms with E-state index in [4.69, 9.17) is 0 Å². The highest BCUT2D eigenvalue weighted by molar-refractivity contribution is 5.93. The molecule has 0 radical (unpaired) electrons. The van der Waals surface area contributed by atoms with Gasteiger partial charge in [0.1, 0.15) is 5.82 Å². The van der Waals surface area contributed by atoms with E-state index < -0.39 is 0 Å². The standard InChI is InChI=1S/C18H24N4O2/c1-2-16-19-12-15(13-20-16)18(24)22-9-5-8-21(10-11-22)17(23)14-6-3-4-7-14/h3-4,12-14H,2,5-11H2,1H3. The molecule has 1 aromatic rings. The van der Waals surface area contributed by atoms with Crippen molar-refractivity contribution in [1.82, 2.24) is 19.8 Å². The second-order valence-electron chi connectivity index (χ2n) is 6.35. The average molecular weight is 328 g/mol. The van der Waals surface area contributed by atoms with E-state index in [-0.39, 0.29) is 17.7 Å². The maximum atomic E-state index is 12.6. The van der Waals surface area contributed by atoms with E-state index >= 15 is 0 Å². The van der Waals surface area contributed by atoms with Crippen LogP contribution in [0, 0.1) is 5.92 Å². The Bertz CT molecular complexity index is 618. The smallest absolute Gasteiger partial charge is 0.257 e. The molecular formula is C18H24N4O2. The third kappa shape index (κ3) is 3.63. The van der Waals surface area contributed by atoms with Crippen LogP contribution in [0.5, 0.6) is 0 Å². The summed E-state index contributed by atoms with van der Waals surface area (Å²) < 4.78 is 0. The van der Waals surface area contributed by atoms with Gasteiger partial charge in [0, 0.05) is 50.9 Å². The van der Waals surface area contributed by atoms with Crippen LogP contribution in [0.3, 0.4) is 0 Å². The van der Waals surface area contributed by atoms with Gasteiger partial charge in [0.25, 0.3) is 5.91 Å². The van der Waals surface area contributed by atoms with Crippen molar-refractivity contribution in [3.8, 4) is 0 Å². The predicted molar refractivity (Wildman–Crippen MR) is 90.4 cm³/mol.